The molecule has 2 unspecified atom stereocenters. The van der Waals surface area contributed by atoms with Crippen LogP contribution >= 0.6 is 0 Å². The molecule has 2 atom stereocenters. The van der Waals surface area contributed by atoms with E-state index < -0.39 is 0 Å². The van der Waals surface area contributed by atoms with Crippen molar-refractivity contribution in [2.45, 2.75) is 58.4 Å². The van der Waals surface area contributed by atoms with Crippen LogP contribution in [-0.4, -0.2) is 18.1 Å². The maximum absolute atomic E-state index is 3.49. The van der Waals surface area contributed by atoms with E-state index in [-0.39, 0.29) is 0 Å². The molecule has 0 bridgehead atoms. The summed E-state index contributed by atoms with van der Waals surface area (Å²) < 4.78 is 0. The first-order chi connectivity index (χ1) is 7.27. The number of rotatable bonds is 7. The normalized spacial score (nSPS) is 22.3. The minimum absolute atomic E-state index is 0.576. The molecular formula is C13H26N2. The summed E-state index contributed by atoms with van der Waals surface area (Å²) >= 11 is 0. The number of nitrogens with zero attached hydrogens (tertiary/aromatic N) is 1. The topological polar surface area (TPSA) is 15.3 Å². The van der Waals surface area contributed by atoms with E-state index in [1.807, 2.05) is 0 Å². The lowest BCUT2D eigenvalue weighted by Gasteiger charge is -2.24. The first-order valence-electron chi connectivity index (χ1n) is 6.45. The third-order valence-corrected chi connectivity index (χ3v) is 3.22. The highest BCUT2D eigenvalue weighted by molar-refractivity contribution is 5.00. The van der Waals surface area contributed by atoms with E-state index >= 15 is 0 Å². The van der Waals surface area contributed by atoms with Crippen LogP contribution in [0.2, 0.25) is 0 Å². The highest BCUT2D eigenvalue weighted by Crippen LogP contribution is 2.22. The van der Waals surface area contributed by atoms with Gasteiger partial charge in [-0.3, -0.25) is 0 Å². The molecule has 1 N–H and O–H groups in total. The third-order valence-electron chi connectivity index (χ3n) is 3.22. The summed E-state index contributed by atoms with van der Waals surface area (Å²) in [6.45, 7) is 4.56. The van der Waals surface area contributed by atoms with E-state index in [0.717, 1.165) is 5.92 Å². The van der Waals surface area contributed by atoms with Gasteiger partial charge in [0.15, 0.2) is 0 Å². The van der Waals surface area contributed by atoms with E-state index in [9.17, 15) is 0 Å². The quantitative estimate of drug-likeness (QED) is 0.649. The van der Waals surface area contributed by atoms with Crippen molar-refractivity contribution in [2.24, 2.45) is 5.92 Å². The Hall–Kier alpha value is -0.500. The lowest BCUT2D eigenvalue weighted by molar-refractivity contribution is 0.258. The van der Waals surface area contributed by atoms with E-state index in [4.69, 9.17) is 0 Å². The average molecular weight is 210 g/mol. The Balaban J connectivity index is 2.32. The maximum atomic E-state index is 3.49. The zero-order valence-corrected chi connectivity index (χ0v) is 10.5. The van der Waals surface area contributed by atoms with Gasteiger partial charge in [0.25, 0.3) is 0 Å². The second kappa shape index (κ2) is 6.89. The summed E-state index contributed by atoms with van der Waals surface area (Å²) in [5, 5.41) is 2.08. The molecule has 1 heterocycles. The van der Waals surface area contributed by atoms with Crippen molar-refractivity contribution < 1.29 is 0 Å². The van der Waals surface area contributed by atoms with Gasteiger partial charge < -0.3 is 5.01 Å². The third kappa shape index (κ3) is 4.25. The number of hydrogen-bond acceptors (Lipinski definition) is 2. The van der Waals surface area contributed by atoms with Crippen LogP contribution in [-0.2, 0) is 0 Å². The summed E-state index contributed by atoms with van der Waals surface area (Å²) in [7, 11) is 2.07. The minimum Gasteiger partial charge on any atom is -0.318 e. The zero-order chi connectivity index (χ0) is 11.1. The number of unbranched alkanes of at least 4 members (excludes halogenated alkanes) is 2. The molecule has 0 aliphatic carbocycles. The van der Waals surface area contributed by atoms with Gasteiger partial charge in [0.2, 0.25) is 0 Å². The molecule has 0 spiro atoms. The highest BCUT2D eigenvalue weighted by atomic mass is 15.5. The van der Waals surface area contributed by atoms with Gasteiger partial charge >= 0.3 is 0 Å². The smallest absolute Gasteiger partial charge is 0.0488 e. The predicted octanol–water partition coefficient (Wildman–Crippen LogP) is 3.32. The molecule has 0 aromatic heterocycles. The zero-order valence-electron chi connectivity index (χ0n) is 10.5. The fourth-order valence-corrected chi connectivity index (χ4v) is 2.34. The van der Waals surface area contributed by atoms with Gasteiger partial charge in [-0.1, -0.05) is 39.5 Å². The largest absolute Gasteiger partial charge is 0.318 e. The fourth-order valence-electron chi connectivity index (χ4n) is 2.34. The van der Waals surface area contributed by atoms with Crippen molar-refractivity contribution in [3.8, 4) is 0 Å². The maximum Gasteiger partial charge on any atom is 0.0488 e. The molecule has 1 aliphatic rings. The lowest BCUT2D eigenvalue weighted by atomic mass is 9.90. The SMILES string of the molecule is CCCCCC(CCC)C1C=CN(C)N1. The molecule has 0 saturated carbocycles. The van der Waals surface area contributed by atoms with Gasteiger partial charge in [-0.05, 0) is 24.8 Å². The van der Waals surface area contributed by atoms with E-state index in [1.165, 1.54) is 38.5 Å². The summed E-state index contributed by atoms with van der Waals surface area (Å²) in [4.78, 5) is 0. The van der Waals surface area contributed by atoms with Crippen molar-refractivity contribution in [1.82, 2.24) is 10.4 Å². The van der Waals surface area contributed by atoms with Crippen molar-refractivity contribution in [2.75, 3.05) is 7.05 Å². The molecule has 0 aromatic carbocycles. The fraction of sp³-hybridized carbons (Fsp3) is 0.846. The Morgan fingerprint density at radius 3 is 2.53 bits per heavy atom. The summed E-state index contributed by atoms with van der Waals surface area (Å²) in [6.07, 6.45) is 12.6. The van der Waals surface area contributed by atoms with E-state index in [0.29, 0.717) is 6.04 Å². The highest BCUT2D eigenvalue weighted by Gasteiger charge is 2.21. The molecule has 0 amide bonds. The molecule has 2 nitrogen and oxygen atoms in total. The molecule has 88 valence electrons. The van der Waals surface area contributed by atoms with Gasteiger partial charge in [0.1, 0.15) is 0 Å². The van der Waals surface area contributed by atoms with Crippen LogP contribution in [0.15, 0.2) is 12.3 Å². The van der Waals surface area contributed by atoms with Gasteiger partial charge in [-0.15, -0.1) is 0 Å². The van der Waals surface area contributed by atoms with Gasteiger partial charge in [-0.25, -0.2) is 5.43 Å². The minimum atomic E-state index is 0.576. The van der Waals surface area contributed by atoms with Crippen LogP contribution < -0.4 is 5.43 Å². The van der Waals surface area contributed by atoms with E-state index in [2.05, 4.69) is 43.6 Å². The Kier molecular flexibility index (Phi) is 5.77. The molecule has 15 heavy (non-hydrogen) atoms. The van der Waals surface area contributed by atoms with E-state index in [1.54, 1.807) is 0 Å². The summed E-state index contributed by atoms with van der Waals surface area (Å²) in [5.74, 6) is 0.822. The Morgan fingerprint density at radius 2 is 2.00 bits per heavy atom. The second-order valence-corrected chi connectivity index (χ2v) is 4.65. The van der Waals surface area contributed by atoms with Gasteiger partial charge in [0, 0.05) is 19.3 Å². The molecular weight excluding hydrogens is 184 g/mol. The predicted molar refractivity (Wildman–Crippen MR) is 66.4 cm³/mol. The van der Waals surface area contributed by atoms with Crippen molar-refractivity contribution >= 4 is 0 Å². The van der Waals surface area contributed by atoms with Crippen LogP contribution in [0, 0.1) is 5.92 Å². The molecule has 1 aliphatic heterocycles. The Bertz CT molecular complexity index is 189. The first kappa shape index (κ1) is 12.6. The van der Waals surface area contributed by atoms with Crippen molar-refractivity contribution in [1.29, 1.82) is 0 Å². The molecule has 0 radical (unpaired) electrons. The molecule has 1 rings (SSSR count). The average Bonchev–Trinajstić information content (AvgIpc) is 2.64. The standard InChI is InChI=1S/C13H26N2/c1-4-6-7-9-12(8-5-2)13-10-11-15(3)14-13/h10-14H,4-9H2,1-3H3. The first-order valence-corrected chi connectivity index (χ1v) is 6.45. The van der Waals surface area contributed by atoms with Crippen LogP contribution in [0.4, 0.5) is 0 Å². The summed E-state index contributed by atoms with van der Waals surface area (Å²) in [5.41, 5.74) is 3.49. The second-order valence-electron chi connectivity index (χ2n) is 4.65. The molecule has 2 heteroatoms. The monoisotopic (exact) mass is 210 g/mol. The lowest BCUT2D eigenvalue weighted by Crippen LogP contribution is -2.37. The van der Waals surface area contributed by atoms with Gasteiger partial charge in [-0.2, -0.15) is 0 Å². The van der Waals surface area contributed by atoms with Crippen LogP contribution in [0.1, 0.15) is 52.4 Å². The Labute approximate surface area is 94.7 Å². The summed E-state index contributed by atoms with van der Waals surface area (Å²) in [6, 6.07) is 0.576. The molecule has 0 aromatic rings. The van der Waals surface area contributed by atoms with Crippen molar-refractivity contribution in [3.63, 3.8) is 0 Å². The number of hydrazine groups is 1. The van der Waals surface area contributed by atoms with Gasteiger partial charge in [0.05, 0.1) is 0 Å². The Morgan fingerprint density at radius 1 is 1.20 bits per heavy atom. The van der Waals surface area contributed by atoms with Crippen molar-refractivity contribution in [3.05, 3.63) is 12.3 Å². The number of hydrogen-bond donors (Lipinski definition) is 1. The van der Waals surface area contributed by atoms with Crippen LogP contribution in [0.25, 0.3) is 0 Å². The van der Waals surface area contributed by atoms with Crippen LogP contribution in [0.3, 0.4) is 0 Å². The molecule has 0 saturated heterocycles. The number of nitrogens with one attached hydrogen (secondary N) is 1. The van der Waals surface area contributed by atoms with Crippen LogP contribution in [0.5, 0.6) is 0 Å². The molecule has 0 fully saturated rings.